The fourth-order valence-electron chi connectivity index (χ4n) is 4.47. The van der Waals surface area contributed by atoms with Gasteiger partial charge in [-0.15, -0.1) is 11.8 Å². The molecule has 3 aliphatic rings. The van der Waals surface area contributed by atoms with Crippen LogP contribution >= 0.6 is 11.8 Å². The maximum atomic E-state index is 13.9. The van der Waals surface area contributed by atoms with E-state index in [1.165, 1.54) is 43.5 Å². The van der Waals surface area contributed by atoms with Crippen LogP contribution in [0.1, 0.15) is 44.1 Å². The smallest absolute Gasteiger partial charge is 0.246 e. The zero-order valence-electron chi connectivity index (χ0n) is 16.6. The molecule has 0 unspecified atom stereocenters. The summed E-state index contributed by atoms with van der Waals surface area (Å²) >= 11 is 1.45. The van der Waals surface area contributed by atoms with Crippen molar-refractivity contribution in [2.45, 2.75) is 68.4 Å². The van der Waals surface area contributed by atoms with Gasteiger partial charge in [0.2, 0.25) is 11.8 Å². The van der Waals surface area contributed by atoms with Crippen LogP contribution in [0.15, 0.2) is 24.3 Å². The van der Waals surface area contributed by atoms with Crippen LogP contribution in [0.3, 0.4) is 0 Å². The lowest BCUT2D eigenvalue weighted by Crippen LogP contribution is -2.56. The third kappa shape index (κ3) is 5.12. The summed E-state index contributed by atoms with van der Waals surface area (Å²) in [6.07, 6.45) is 7.59. The molecule has 2 atom stereocenters. The Labute approximate surface area is 175 Å². The molecule has 158 valence electrons. The van der Waals surface area contributed by atoms with Gasteiger partial charge in [-0.3, -0.25) is 9.59 Å². The fraction of sp³-hybridized carbons (Fsp3) is 0.636. The summed E-state index contributed by atoms with van der Waals surface area (Å²) in [4.78, 5) is 27.2. The highest BCUT2D eigenvalue weighted by Crippen LogP contribution is 2.27. The van der Waals surface area contributed by atoms with E-state index in [9.17, 15) is 14.0 Å². The minimum Gasteiger partial charge on any atom is -0.375 e. The molecule has 0 bridgehead atoms. The van der Waals surface area contributed by atoms with Crippen molar-refractivity contribution in [3.8, 4) is 0 Å². The zero-order chi connectivity index (χ0) is 20.2. The Balaban J connectivity index is 1.24. The van der Waals surface area contributed by atoms with E-state index in [-0.39, 0.29) is 29.0 Å². The molecule has 2 saturated heterocycles. The number of halogens is 1. The first kappa shape index (κ1) is 20.7. The van der Waals surface area contributed by atoms with Gasteiger partial charge in [0.1, 0.15) is 11.9 Å². The minimum absolute atomic E-state index is 0.00509. The normalized spacial score (nSPS) is 26.5. The number of hydrogen-bond acceptors (Lipinski definition) is 4. The number of rotatable bonds is 5. The SMILES string of the molecule is O=C1N[C@H](C(=O)N2CCC(OC3CCCC3)CC2)CS[C@@H]1Cc1ccccc1F. The number of hydrogen-bond donors (Lipinski definition) is 1. The van der Waals surface area contributed by atoms with Crippen molar-refractivity contribution in [3.05, 3.63) is 35.6 Å². The fourth-order valence-corrected chi connectivity index (χ4v) is 5.64. The summed E-state index contributed by atoms with van der Waals surface area (Å²) in [6, 6.07) is 6.04. The van der Waals surface area contributed by atoms with Gasteiger partial charge < -0.3 is 15.0 Å². The average Bonchev–Trinajstić information content (AvgIpc) is 3.24. The molecule has 0 aromatic heterocycles. The van der Waals surface area contributed by atoms with Gasteiger partial charge in [0, 0.05) is 18.8 Å². The van der Waals surface area contributed by atoms with Crippen molar-refractivity contribution in [1.29, 1.82) is 0 Å². The molecule has 1 saturated carbocycles. The monoisotopic (exact) mass is 420 g/mol. The molecule has 0 spiro atoms. The average molecular weight is 421 g/mol. The molecule has 1 aromatic carbocycles. The van der Waals surface area contributed by atoms with Crippen molar-refractivity contribution in [2.24, 2.45) is 0 Å². The quantitative estimate of drug-likeness (QED) is 0.796. The van der Waals surface area contributed by atoms with E-state index in [2.05, 4.69) is 5.32 Å². The Kier molecular flexibility index (Phi) is 6.75. The summed E-state index contributed by atoms with van der Waals surface area (Å²) in [5.74, 6) is 0.0564. The largest absolute Gasteiger partial charge is 0.375 e. The van der Waals surface area contributed by atoms with Crippen LogP contribution in [0.5, 0.6) is 0 Å². The molecule has 3 fully saturated rings. The lowest BCUT2D eigenvalue weighted by atomic mass is 10.1. The Bertz CT molecular complexity index is 733. The molecular formula is C22H29FN2O3S. The summed E-state index contributed by atoms with van der Waals surface area (Å²) in [5.41, 5.74) is 0.536. The van der Waals surface area contributed by atoms with E-state index in [4.69, 9.17) is 4.74 Å². The highest BCUT2D eigenvalue weighted by Gasteiger charge is 2.36. The van der Waals surface area contributed by atoms with Gasteiger partial charge in [0.25, 0.3) is 0 Å². The van der Waals surface area contributed by atoms with Crippen molar-refractivity contribution >= 4 is 23.6 Å². The predicted octanol–water partition coefficient (Wildman–Crippen LogP) is 2.92. The standard InChI is InChI=1S/C22H29FN2O3S/c23-18-8-4-1-5-15(18)13-20-21(26)24-19(14-29-20)22(27)25-11-9-17(10-12-25)28-16-6-2-3-7-16/h1,4-5,8,16-17,19-20H,2-3,6-7,9-14H2,(H,24,26)/t19-,20+/m0/s1. The molecule has 7 heteroatoms. The van der Waals surface area contributed by atoms with E-state index in [1.54, 1.807) is 18.2 Å². The van der Waals surface area contributed by atoms with E-state index < -0.39 is 6.04 Å². The highest BCUT2D eigenvalue weighted by molar-refractivity contribution is 8.00. The van der Waals surface area contributed by atoms with Crippen molar-refractivity contribution < 1.29 is 18.7 Å². The number of likely N-dealkylation sites (tertiary alicyclic amines) is 1. The summed E-state index contributed by atoms with van der Waals surface area (Å²) in [6.45, 7) is 1.37. The van der Waals surface area contributed by atoms with Gasteiger partial charge in [0.15, 0.2) is 0 Å². The Morgan fingerprint density at radius 1 is 1.14 bits per heavy atom. The molecule has 29 heavy (non-hydrogen) atoms. The minimum atomic E-state index is -0.489. The second kappa shape index (κ2) is 9.47. The molecule has 1 aromatic rings. The van der Waals surface area contributed by atoms with Gasteiger partial charge in [0.05, 0.1) is 17.5 Å². The van der Waals surface area contributed by atoms with E-state index in [0.29, 0.717) is 36.9 Å². The number of benzene rings is 1. The maximum absolute atomic E-state index is 13.9. The molecule has 0 radical (unpaired) electrons. The predicted molar refractivity (Wildman–Crippen MR) is 111 cm³/mol. The molecule has 2 heterocycles. The second-order valence-electron chi connectivity index (χ2n) is 8.25. The maximum Gasteiger partial charge on any atom is 0.246 e. The molecule has 5 nitrogen and oxygen atoms in total. The summed E-state index contributed by atoms with van der Waals surface area (Å²) in [5, 5.41) is 2.51. The number of carbonyl (C=O) groups is 2. The topological polar surface area (TPSA) is 58.6 Å². The molecule has 1 aliphatic carbocycles. The van der Waals surface area contributed by atoms with Gasteiger partial charge in [-0.25, -0.2) is 4.39 Å². The number of ether oxygens (including phenoxy) is 1. The summed E-state index contributed by atoms with van der Waals surface area (Å²) in [7, 11) is 0. The number of thioether (sulfide) groups is 1. The first-order valence-electron chi connectivity index (χ1n) is 10.7. The molecule has 2 amide bonds. The van der Waals surface area contributed by atoms with Crippen LogP contribution in [0, 0.1) is 5.82 Å². The first-order chi connectivity index (χ1) is 14.1. The third-order valence-corrected chi connectivity index (χ3v) is 7.48. The zero-order valence-corrected chi connectivity index (χ0v) is 17.5. The second-order valence-corrected chi connectivity index (χ2v) is 9.48. The molecule has 1 N–H and O–H groups in total. The van der Waals surface area contributed by atoms with Crippen molar-refractivity contribution in [1.82, 2.24) is 10.2 Å². The molecule has 4 rings (SSSR count). The lowest BCUT2D eigenvalue weighted by Gasteiger charge is -2.37. The number of piperidine rings is 1. The number of carbonyl (C=O) groups excluding carboxylic acids is 2. The molecule has 2 aliphatic heterocycles. The van der Waals surface area contributed by atoms with Crippen LogP contribution in [-0.4, -0.2) is 59.1 Å². The van der Waals surface area contributed by atoms with Crippen molar-refractivity contribution in [3.63, 3.8) is 0 Å². The van der Waals surface area contributed by atoms with Gasteiger partial charge in [-0.2, -0.15) is 0 Å². The van der Waals surface area contributed by atoms with Gasteiger partial charge in [-0.1, -0.05) is 31.0 Å². The lowest BCUT2D eigenvalue weighted by molar-refractivity contribution is -0.138. The Hall–Kier alpha value is -1.60. The van der Waals surface area contributed by atoms with Gasteiger partial charge >= 0.3 is 0 Å². The van der Waals surface area contributed by atoms with Crippen LogP contribution in [-0.2, 0) is 20.7 Å². The number of amides is 2. The van der Waals surface area contributed by atoms with E-state index >= 15 is 0 Å². The van der Waals surface area contributed by atoms with Crippen molar-refractivity contribution in [2.75, 3.05) is 18.8 Å². The Morgan fingerprint density at radius 3 is 2.52 bits per heavy atom. The third-order valence-electron chi connectivity index (χ3n) is 6.17. The number of nitrogens with one attached hydrogen (secondary N) is 1. The summed E-state index contributed by atoms with van der Waals surface area (Å²) < 4.78 is 20.0. The van der Waals surface area contributed by atoms with Crippen LogP contribution in [0.4, 0.5) is 4.39 Å². The van der Waals surface area contributed by atoms with E-state index in [1.807, 2.05) is 4.90 Å². The highest BCUT2D eigenvalue weighted by atomic mass is 32.2. The Morgan fingerprint density at radius 2 is 1.83 bits per heavy atom. The number of nitrogens with zero attached hydrogens (tertiary/aromatic N) is 1. The van der Waals surface area contributed by atoms with Crippen LogP contribution in [0.2, 0.25) is 0 Å². The van der Waals surface area contributed by atoms with Gasteiger partial charge in [-0.05, 0) is 43.7 Å². The van der Waals surface area contributed by atoms with E-state index in [0.717, 1.165) is 12.8 Å². The van der Waals surface area contributed by atoms with Crippen LogP contribution < -0.4 is 5.32 Å². The van der Waals surface area contributed by atoms with Crippen LogP contribution in [0.25, 0.3) is 0 Å². The first-order valence-corrected chi connectivity index (χ1v) is 11.7. The molecular weight excluding hydrogens is 391 g/mol.